The maximum atomic E-state index is 10.0. The molecular weight excluding hydrogens is 279 g/mol. The summed E-state index contributed by atoms with van der Waals surface area (Å²) in [6, 6.07) is 6.03. The number of hydrogen-bond acceptors (Lipinski definition) is 5. The van der Waals surface area contributed by atoms with Gasteiger partial charge in [0.05, 0.1) is 16.8 Å². The summed E-state index contributed by atoms with van der Waals surface area (Å²) in [5.41, 5.74) is 5.89. The minimum Gasteiger partial charge on any atom is -0.397 e. The van der Waals surface area contributed by atoms with Crippen LogP contribution in [0.1, 0.15) is 0 Å². The first kappa shape index (κ1) is 14.1. The Labute approximate surface area is 113 Å². The quantitative estimate of drug-likeness (QED) is 0.494. The number of aromatic nitrogens is 2. The summed E-state index contributed by atoms with van der Waals surface area (Å²) in [6.45, 7) is 0. The zero-order chi connectivity index (χ0) is 13.5. The van der Waals surface area contributed by atoms with E-state index in [9.17, 15) is 10.1 Å². The monoisotopic (exact) mass is 286 g/mol. The summed E-state index contributed by atoms with van der Waals surface area (Å²) in [5.74, 6) is 0. The molecule has 2 rings (SSSR count). The second-order valence-corrected chi connectivity index (χ2v) is 3.78. The highest BCUT2D eigenvalue weighted by Gasteiger charge is 2.02. The first-order valence-corrected chi connectivity index (χ1v) is 5.37. The van der Waals surface area contributed by atoms with Gasteiger partial charge in [-0.15, -0.1) is 0 Å². The third-order valence-electron chi connectivity index (χ3n) is 1.67. The van der Waals surface area contributed by atoms with Crippen LogP contribution in [0.5, 0.6) is 0 Å². The van der Waals surface area contributed by atoms with Gasteiger partial charge < -0.3 is 5.73 Å². The number of rotatable bonds is 1. The third kappa shape index (κ3) is 4.94. The molecule has 2 N–H and O–H groups in total. The lowest BCUT2D eigenvalue weighted by Gasteiger charge is -1.88. The summed E-state index contributed by atoms with van der Waals surface area (Å²) in [6.07, 6.45) is 2.63. The molecule has 0 atom stereocenters. The molecule has 2 aromatic rings. The van der Waals surface area contributed by atoms with Crippen LogP contribution in [-0.2, 0) is 0 Å². The van der Waals surface area contributed by atoms with Gasteiger partial charge in [-0.2, -0.15) is 0 Å². The molecule has 0 aromatic carbocycles. The van der Waals surface area contributed by atoms with E-state index in [4.69, 9.17) is 28.9 Å². The molecule has 0 bridgehead atoms. The fourth-order valence-corrected chi connectivity index (χ4v) is 1.09. The average Bonchev–Trinajstić information content (AvgIpc) is 2.34. The van der Waals surface area contributed by atoms with Gasteiger partial charge in [-0.1, -0.05) is 23.2 Å². The largest absolute Gasteiger partial charge is 0.397 e. The van der Waals surface area contributed by atoms with E-state index in [-0.39, 0.29) is 10.8 Å². The first-order valence-electron chi connectivity index (χ1n) is 4.62. The average molecular weight is 287 g/mol. The minimum absolute atomic E-state index is 0.0515. The van der Waals surface area contributed by atoms with Crippen molar-refractivity contribution in [2.45, 2.75) is 0 Å². The van der Waals surface area contributed by atoms with Crippen LogP contribution in [0, 0.1) is 10.1 Å². The van der Waals surface area contributed by atoms with Crippen LogP contribution < -0.4 is 5.73 Å². The molecule has 0 amide bonds. The van der Waals surface area contributed by atoms with Crippen LogP contribution in [0.15, 0.2) is 36.7 Å². The van der Waals surface area contributed by atoms with Crippen molar-refractivity contribution in [2.24, 2.45) is 0 Å². The van der Waals surface area contributed by atoms with Gasteiger partial charge in [-0.3, -0.25) is 10.1 Å². The zero-order valence-corrected chi connectivity index (χ0v) is 10.5. The van der Waals surface area contributed by atoms with E-state index < -0.39 is 4.92 Å². The first-order chi connectivity index (χ1) is 8.49. The SMILES string of the molecule is Nc1ccc(Cl)nc1.O=[N+]([O-])c1ccc(Cl)nc1. The molecule has 94 valence electrons. The lowest BCUT2D eigenvalue weighted by atomic mass is 10.4. The lowest BCUT2D eigenvalue weighted by Crippen LogP contribution is -1.87. The molecule has 6 nitrogen and oxygen atoms in total. The van der Waals surface area contributed by atoms with Gasteiger partial charge in [0.15, 0.2) is 0 Å². The Balaban J connectivity index is 0.000000184. The van der Waals surface area contributed by atoms with Crippen molar-refractivity contribution in [1.82, 2.24) is 9.97 Å². The molecule has 2 heterocycles. The van der Waals surface area contributed by atoms with E-state index in [2.05, 4.69) is 9.97 Å². The van der Waals surface area contributed by atoms with Crippen molar-refractivity contribution in [3.63, 3.8) is 0 Å². The van der Waals surface area contributed by atoms with Gasteiger partial charge >= 0.3 is 0 Å². The molecule has 0 saturated heterocycles. The van der Waals surface area contributed by atoms with Gasteiger partial charge in [-0.25, -0.2) is 9.97 Å². The molecule has 2 aromatic heterocycles. The second-order valence-electron chi connectivity index (χ2n) is 3.01. The van der Waals surface area contributed by atoms with Crippen LogP contribution in [-0.4, -0.2) is 14.9 Å². The normalized spacial score (nSPS) is 9.22. The predicted octanol–water partition coefficient (Wildman–Crippen LogP) is 2.96. The minimum atomic E-state index is -0.524. The van der Waals surface area contributed by atoms with Crippen LogP contribution in [0.2, 0.25) is 10.3 Å². The standard InChI is InChI=1S/C5H3ClN2O2.C5H5ClN2/c6-5-2-1-4(3-7-5)8(9)10;6-5-2-1-4(7)3-8-5/h1-3H;1-3H,7H2. The highest BCUT2D eigenvalue weighted by atomic mass is 35.5. The van der Waals surface area contributed by atoms with Crippen molar-refractivity contribution in [3.8, 4) is 0 Å². The summed E-state index contributed by atoms with van der Waals surface area (Å²) >= 11 is 10.8. The van der Waals surface area contributed by atoms with Crippen molar-refractivity contribution >= 4 is 34.6 Å². The zero-order valence-electron chi connectivity index (χ0n) is 8.96. The van der Waals surface area contributed by atoms with E-state index in [1.807, 2.05) is 0 Å². The number of nitrogens with zero attached hydrogens (tertiary/aromatic N) is 3. The number of nitrogens with two attached hydrogens (primary N) is 1. The van der Waals surface area contributed by atoms with E-state index in [1.54, 1.807) is 12.1 Å². The highest BCUT2D eigenvalue weighted by Crippen LogP contribution is 2.11. The Morgan fingerprint density at radius 1 is 1.06 bits per heavy atom. The van der Waals surface area contributed by atoms with Crippen molar-refractivity contribution in [3.05, 3.63) is 57.1 Å². The second kappa shape index (κ2) is 6.73. The smallest absolute Gasteiger partial charge is 0.287 e. The fourth-order valence-electron chi connectivity index (χ4n) is 0.863. The van der Waals surface area contributed by atoms with Crippen molar-refractivity contribution < 1.29 is 4.92 Å². The summed E-state index contributed by atoms with van der Waals surface area (Å²) in [4.78, 5) is 16.8. The summed E-state index contributed by atoms with van der Waals surface area (Å²) in [5, 5.41) is 10.8. The topological polar surface area (TPSA) is 94.9 Å². The van der Waals surface area contributed by atoms with Crippen molar-refractivity contribution in [2.75, 3.05) is 5.73 Å². The molecule has 0 aliphatic rings. The lowest BCUT2D eigenvalue weighted by molar-refractivity contribution is -0.385. The maximum absolute atomic E-state index is 10.0. The Bertz CT molecular complexity index is 495. The number of hydrogen-bond donors (Lipinski definition) is 1. The van der Waals surface area contributed by atoms with E-state index >= 15 is 0 Å². The van der Waals surface area contributed by atoms with Crippen molar-refractivity contribution in [1.29, 1.82) is 0 Å². The van der Waals surface area contributed by atoms with Crippen LogP contribution in [0.3, 0.4) is 0 Å². The number of nitro groups is 1. The predicted molar refractivity (Wildman–Crippen MR) is 69.6 cm³/mol. The molecular formula is C10H8Cl2N4O2. The summed E-state index contributed by atoms with van der Waals surface area (Å²) < 4.78 is 0. The molecule has 0 radical (unpaired) electrons. The fraction of sp³-hybridized carbons (Fsp3) is 0. The Morgan fingerprint density at radius 3 is 1.94 bits per heavy atom. The van der Waals surface area contributed by atoms with Gasteiger partial charge in [0, 0.05) is 6.07 Å². The molecule has 0 fully saturated rings. The molecule has 0 aliphatic heterocycles. The number of halogens is 2. The molecule has 18 heavy (non-hydrogen) atoms. The number of pyridine rings is 2. The molecule has 0 spiro atoms. The van der Waals surface area contributed by atoms with Gasteiger partial charge in [0.25, 0.3) is 5.69 Å². The Kier molecular flexibility index (Phi) is 5.29. The highest BCUT2D eigenvalue weighted by molar-refractivity contribution is 6.29. The molecule has 0 unspecified atom stereocenters. The summed E-state index contributed by atoms with van der Waals surface area (Å²) in [7, 11) is 0. The number of nitrogen functional groups attached to an aromatic ring is 1. The maximum Gasteiger partial charge on any atom is 0.287 e. The molecule has 0 aliphatic carbocycles. The van der Waals surface area contributed by atoms with Crippen LogP contribution in [0.4, 0.5) is 11.4 Å². The van der Waals surface area contributed by atoms with E-state index in [1.165, 1.54) is 18.3 Å². The molecule has 0 saturated carbocycles. The van der Waals surface area contributed by atoms with Gasteiger partial charge in [0.2, 0.25) is 0 Å². The van der Waals surface area contributed by atoms with Gasteiger partial charge in [-0.05, 0) is 18.2 Å². The van der Waals surface area contributed by atoms with E-state index in [0.717, 1.165) is 6.20 Å². The third-order valence-corrected chi connectivity index (χ3v) is 2.12. The van der Waals surface area contributed by atoms with Crippen LogP contribution >= 0.6 is 23.2 Å². The van der Waals surface area contributed by atoms with Crippen LogP contribution in [0.25, 0.3) is 0 Å². The van der Waals surface area contributed by atoms with Gasteiger partial charge in [0.1, 0.15) is 16.5 Å². The van der Waals surface area contributed by atoms with E-state index in [0.29, 0.717) is 10.8 Å². The number of anilines is 1. The molecule has 8 heteroatoms. The Morgan fingerprint density at radius 2 is 1.61 bits per heavy atom. The Hall–Kier alpha value is -1.92.